The molecule has 0 atom stereocenters. The molecule has 64 valence electrons. The fourth-order valence-electron chi connectivity index (χ4n) is 1.16. The van der Waals surface area contributed by atoms with Crippen molar-refractivity contribution >= 4 is 11.0 Å². The molecule has 0 fully saturated rings. The second kappa shape index (κ2) is 2.91. The Bertz CT molecular complexity index is 359. The largest absolute Gasteiger partial charge is 1.00 e. The number of nitrogens with zero attached hydrogens (tertiary/aromatic N) is 2. The summed E-state index contributed by atoms with van der Waals surface area (Å²) in [6.07, 6.45) is 1.63. The predicted molar refractivity (Wildman–Crippen MR) is 42.4 cm³/mol. The molecule has 0 bridgehead atoms. The monoisotopic (exact) mass is 184 g/mol. The van der Waals surface area contributed by atoms with Gasteiger partial charge in [0.2, 0.25) is 11.0 Å². The Morgan fingerprint density at radius 3 is 2.58 bits per heavy atom. The van der Waals surface area contributed by atoms with Crippen LogP contribution < -0.4 is 28.8 Å². The molecule has 1 heterocycles. The third-order valence-electron chi connectivity index (χ3n) is 1.69. The molecular formula is C7H9ClN4. The molecule has 4 N–H and O–H groups in total. The van der Waals surface area contributed by atoms with E-state index in [1.165, 1.54) is 9.35 Å². The third kappa shape index (κ3) is 1.06. The van der Waals surface area contributed by atoms with Gasteiger partial charge in [-0.2, -0.15) is 0 Å². The zero-order valence-corrected chi connectivity index (χ0v) is 7.07. The number of nitrogen functional groups attached to an aromatic ring is 2. The molecule has 4 nitrogen and oxygen atoms in total. The lowest BCUT2D eigenvalue weighted by atomic mass is 10.3. The number of imidazole rings is 1. The van der Waals surface area contributed by atoms with E-state index in [0.717, 1.165) is 11.0 Å². The van der Waals surface area contributed by atoms with Crippen molar-refractivity contribution in [1.29, 1.82) is 0 Å². The number of halogens is 1. The highest BCUT2D eigenvalue weighted by atomic mass is 35.5. The minimum atomic E-state index is 0. The number of hydrogen-bond acceptors (Lipinski definition) is 2. The maximum Gasteiger partial charge on any atom is 0.291 e. The summed E-state index contributed by atoms with van der Waals surface area (Å²) in [4.78, 5) is 0. The summed E-state index contributed by atoms with van der Waals surface area (Å²) in [5, 5.41) is 0. The predicted octanol–water partition coefficient (Wildman–Crippen LogP) is -3.64. The van der Waals surface area contributed by atoms with E-state index in [9.17, 15) is 0 Å². The van der Waals surface area contributed by atoms with Crippen LogP contribution in [0, 0.1) is 0 Å². The zero-order valence-electron chi connectivity index (χ0n) is 6.31. The van der Waals surface area contributed by atoms with Gasteiger partial charge in [0.15, 0.2) is 0 Å². The molecular weight excluding hydrogens is 176 g/mol. The fraction of sp³-hybridized carbons (Fsp3) is 0. The van der Waals surface area contributed by atoms with Crippen molar-refractivity contribution in [3.63, 3.8) is 0 Å². The highest BCUT2D eigenvalue weighted by molar-refractivity contribution is 5.71. The Morgan fingerprint density at radius 2 is 1.92 bits per heavy atom. The van der Waals surface area contributed by atoms with Gasteiger partial charge in [-0.05, 0) is 12.1 Å². The van der Waals surface area contributed by atoms with Gasteiger partial charge in [0.1, 0.15) is 0 Å². The molecule has 0 amide bonds. The average molecular weight is 185 g/mol. The molecule has 0 aliphatic carbocycles. The Labute approximate surface area is 75.7 Å². The minimum Gasteiger partial charge on any atom is -1.00 e. The number of rotatable bonds is 0. The lowest BCUT2D eigenvalue weighted by Gasteiger charge is -1.83. The highest BCUT2D eigenvalue weighted by Gasteiger charge is 2.09. The van der Waals surface area contributed by atoms with Crippen molar-refractivity contribution in [2.75, 3.05) is 11.7 Å². The lowest BCUT2D eigenvalue weighted by molar-refractivity contribution is -0.612. The molecule has 0 saturated heterocycles. The van der Waals surface area contributed by atoms with Crippen LogP contribution in [0.4, 0.5) is 0 Å². The SMILES string of the molecule is Nn1c[n+](N)c2ccccc21.[Cl-]. The fourth-order valence-corrected chi connectivity index (χ4v) is 1.16. The molecule has 2 rings (SSSR count). The van der Waals surface area contributed by atoms with E-state index >= 15 is 0 Å². The van der Waals surface area contributed by atoms with Crippen LogP contribution in [0.3, 0.4) is 0 Å². The summed E-state index contributed by atoms with van der Waals surface area (Å²) in [7, 11) is 0. The zero-order chi connectivity index (χ0) is 7.84. The quantitative estimate of drug-likeness (QED) is 0.328. The van der Waals surface area contributed by atoms with Crippen LogP contribution in [-0.2, 0) is 0 Å². The average Bonchev–Trinajstić information content (AvgIpc) is 2.30. The van der Waals surface area contributed by atoms with E-state index in [2.05, 4.69) is 0 Å². The number of hydrogen-bond donors (Lipinski definition) is 2. The van der Waals surface area contributed by atoms with Crippen LogP contribution in [0.15, 0.2) is 30.6 Å². The summed E-state index contributed by atoms with van der Waals surface area (Å²) in [5.41, 5.74) is 1.85. The van der Waals surface area contributed by atoms with Crippen LogP contribution in [0.2, 0.25) is 0 Å². The van der Waals surface area contributed by atoms with Crippen molar-refractivity contribution in [3.05, 3.63) is 30.6 Å². The normalized spacial score (nSPS) is 9.67. The smallest absolute Gasteiger partial charge is 0.291 e. The molecule has 1 aromatic carbocycles. The van der Waals surface area contributed by atoms with Gasteiger partial charge in [0.25, 0.3) is 6.33 Å². The van der Waals surface area contributed by atoms with Crippen LogP contribution in [0.5, 0.6) is 0 Å². The minimum absolute atomic E-state index is 0. The standard InChI is InChI=1S/C7H9N4.ClH/c8-10-5-11(9)7-4-2-1-3-6(7)10;/h1-5H,8-9H2;1H/q+1;/p-1. The van der Waals surface area contributed by atoms with Crippen LogP contribution in [0.25, 0.3) is 11.0 Å². The van der Waals surface area contributed by atoms with E-state index in [0.29, 0.717) is 0 Å². The maximum absolute atomic E-state index is 5.59. The Kier molecular flexibility index (Phi) is 2.10. The van der Waals surface area contributed by atoms with E-state index in [1.54, 1.807) is 6.33 Å². The van der Waals surface area contributed by atoms with Crippen molar-refractivity contribution in [3.8, 4) is 0 Å². The van der Waals surface area contributed by atoms with Crippen LogP contribution in [-0.4, -0.2) is 4.68 Å². The first-order valence-electron chi connectivity index (χ1n) is 3.31. The molecule has 0 unspecified atom stereocenters. The first-order chi connectivity index (χ1) is 5.29. The van der Waals surface area contributed by atoms with E-state index in [4.69, 9.17) is 11.7 Å². The van der Waals surface area contributed by atoms with Gasteiger partial charge in [0, 0.05) is 0 Å². The van der Waals surface area contributed by atoms with Gasteiger partial charge < -0.3 is 12.4 Å². The maximum atomic E-state index is 5.59. The molecule has 2 aromatic rings. The Balaban J connectivity index is 0.000000720. The lowest BCUT2D eigenvalue weighted by Crippen LogP contribution is -3.00. The van der Waals surface area contributed by atoms with Gasteiger partial charge in [-0.1, -0.05) is 12.1 Å². The second-order valence-corrected chi connectivity index (χ2v) is 2.42. The van der Waals surface area contributed by atoms with Crippen LogP contribution >= 0.6 is 0 Å². The number of nitrogens with two attached hydrogens (primary N) is 2. The van der Waals surface area contributed by atoms with Gasteiger partial charge in [-0.15, -0.1) is 9.35 Å². The molecule has 1 aromatic heterocycles. The second-order valence-electron chi connectivity index (χ2n) is 2.42. The Morgan fingerprint density at radius 1 is 1.25 bits per heavy atom. The van der Waals surface area contributed by atoms with Crippen LogP contribution in [0.1, 0.15) is 0 Å². The first-order valence-corrected chi connectivity index (χ1v) is 3.31. The third-order valence-corrected chi connectivity index (χ3v) is 1.69. The number of para-hydroxylation sites is 2. The van der Waals surface area contributed by atoms with Crippen molar-refractivity contribution in [1.82, 2.24) is 4.68 Å². The van der Waals surface area contributed by atoms with Crippen molar-refractivity contribution < 1.29 is 17.1 Å². The molecule has 12 heavy (non-hydrogen) atoms. The summed E-state index contributed by atoms with van der Waals surface area (Å²) in [5.74, 6) is 11.2. The molecule has 0 saturated carbocycles. The number of aromatic nitrogens is 2. The summed E-state index contributed by atoms with van der Waals surface area (Å²) < 4.78 is 2.99. The van der Waals surface area contributed by atoms with Crippen molar-refractivity contribution in [2.24, 2.45) is 0 Å². The summed E-state index contributed by atoms with van der Waals surface area (Å²) >= 11 is 0. The topological polar surface area (TPSA) is 60.8 Å². The molecule has 0 radical (unpaired) electrons. The van der Waals surface area contributed by atoms with E-state index in [-0.39, 0.29) is 12.4 Å². The van der Waals surface area contributed by atoms with Gasteiger partial charge in [0.05, 0.1) is 0 Å². The molecule has 0 spiro atoms. The van der Waals surface area contributed by atoms with E-state index < -0.39 is 0 Å². The van der Waals surface area contributed by atoms with Gasteiger partial charge >= 0.3 is 0 Å². The molecule has 0 aliphatic rings. The summed E-state index contributed by atoms with van der Waals surface area (Å²) in [6, 6.07) is 7.68. The number of fused-ring (bicyclic) bond motifs is 1. The van der Waals surface area contributed by atoms with E-state index in [1.807, 2.05) is 24.3 Å². The van der Waals surface area contributed by atoms with Gasteiger partial charge in [-0.25, -0.2) is 0 Å². The number of benzene rings is 1. The Hall–Kier alpha value is -1.42. The van der Waals surface area contributed by atoms with Gasteiger partial charge in [-0.3, -0.25) is 11.7 Å². The molecule has 0 aliphatic heterocycles. The molecule has 5 heteroatoms. The summed E-state index contributed by atoms with van der Waals surface area (Å²) in [6.45, 7) is 0. The highest BCUT2D eigenvalue weighted by Crippen LogP contribution is 2.05. The van der Waals surface area contributed by atoms with Crippen molar-refractivity contribution in [2.45, 2.75) is 0 Å². The first kappa shape index (κ1) is 8.67.